The van der Waals surface area contributed by atoms with Gasteiger partial charge in [-0.05, 0) is 31.7 Å². The number of benzene rings is 1. The summed E-state index contributed by atoms with van der Waals surface area (Å²) in [6, 6.07) is 6.78. The molecule has 0 amide bonds. The van der Waals surface area contributed by atoms with E-state index >= 15 is 0 Å². The largest absolute Gasteiger partial charge is 0.348 e. The molecule has 0 saturated heterocycles. The Kier molecular flexibility index (Phi) is 3.42. The Morgan fingerprint density at radius 3 is 2.82 bits per heavy atom. The van der Waals surface area contributed by atoms with Crippen molar-refractivity contribution in [3.63, 3.8) is 0 Å². The average molecular weight is 232 g/mol. The van der Waals surface area contributed by atoms with Gasteiger partial charge >= 0.3 is 0 Å². The molecule has 0 atom stereocenters. The number of hydrogen-bond donors (Lipinski definition) is 0. The predicted octanol–water partition coefficient (Wildman–Crippen LogP) is 3.49. The van der Waals surface area contributed by atoms with Crippen molar-refractivity contribution in [1.82, 2.24) is 0 Å². The molecule has 0 saturated carbocycles. The first kappa shape index (κ1) is 11.6. The number of non-ortho nitro benzene ring substituents is 1. The van der Waals surface area contributed by atoms with E-state index in [9.17, 15) is 10.1 Å². The first-order valence-electron chi connectivity index (χ1n) is 5.86. The third-order valence-corrected chi connectivity index (χ3v) is 3.13. The fourth-order valence-corrected chi connectivity index (χ4v) is 2.11. The molecular formula is C13H16N2O2. The van der Waals surface area contributed by atoms with Gasteiger partial charge in [-0.2, -0.15) is 0 Å². The van der Waals surface area contributed by atoms with Gasteiger partial charge in [0.2, 0.25) is 0 Å². The van der Waals surface area contributed by atoms with Gasteiger partial charge in [-0.1, -0.05) is 12.1 Å². The van der Waals surface area contributed by atoms with Crippen LogP contribution in [0.2, 0.25) is 0 Å². The van der Waals surface area contributed by atoms with E-state index in [0.717, 1.165) is 18.5 Å². The third-order valence-electron chi connectivity index (χ3n) is 3.13. The van der Waals surface area contributed by atoms with Crippen LogP contribution in [-0.2, 0) is 0 Å². The number of nitro benzene ring substituents is 1. The molecule has 0 spiro atoms. The summed E-state index contributed by atoms with van der Waals surface area (Å²) in [5.74, 6) is 0. The van der Waals surface area contributed by atoms with Crippen molar-refractivity contribution in [3.05, 3.63) is 46.2 Å². The minimum absolute atomic E-state index is 0.144. The molecule has 17 heavy (non-hydrogen) atoms. The molecular weight excluding hydrogens is 216 g/mol. The molecule has 1 aromatic carbocycles. The van der Waals surface area contributed by atoms with Crippen molar-refractivity contribution in [3.8, 4) is 0 Å². The maximum absolute atomic E-state index is 10.7. The molecule has 0 N–H and O–H groups in total. The van der Waals surface area contributed by atoms with Crippen LogP contribution in [0.3, 0.4) is 0 Å². The van der Waals surface area contributed by atoms with Crippen LogP contribution in [0.1, 0.15) is 25.7 Å². The number of nitrogens with zero attached hydrogens (tertiary/aromatic N) is 2. The van der Waals surface area contributed by atoms with Gasteiger partial charge < -0.3 is 4.90 Å². The van der Waals surface area contributed by atoms with Crippen molar-refractivity contribution in [1.29, 1.82) is 0 Å². The van der Waals surface area contributed by atoms with E-state index in [1.54, 1.807) is 12.1 Å². The number of rotatable bonds is 3. The summed E-state index contributed by atoms with van der Waals surface area (Å²) in [6.45, 7) is 0. The normalized spacial score (nSPS) is 15.2. The smallest absolute Gasteiger partial charge is 0.271 e. The predicted molar refractivity (Wildman–Crippen MR) is 68.1 cm³/mol. The summed E-state index contributed by atoms with van der Waals surface area (Å²) < 4.78 is 0. The van der Waals surface area contributed by atoms with E-state index in [0.29, 0.717) is 0 Å². The Morgan fingerprint density at radius 2 is 2.18 bits per heavy atom. The highest BCUT2D eigenvalue weighted by Gasteiger charge is 2.13. The SMILES string of the molecule is CN(C1=CCCCC1)c1cccc([N+](=O)[O-])c1. The Bertz CT molecular complexity index is 454. The average Bonchev–Trinajstić information content (AvgIpc) is 2.39. The van der Waals surface area contributed by atoms with Crippen molar-refractivity contribution >= 4 is 11.4 Å². The fourth-order valence-electron chi connectivity index (χ4n) is 2.11. The minimum atomic E-state index is -0.355. The number of nitro groups is 1. The maximum Gasteiger partial charge on any atom is 0.271 e. The Hall–Kier alpha value is -1.84. The summed E-state index contributed by atoms with van der Waals surface area (Å²) in [5.41, 5.74) is 2.29. The molecule has 0 fully saturated rings. The molecule has 1 aliphatic rings. The summed E-state index contributed by atoms with van der Waals surface area (Å²) in [6.07, 6.45) is 6.83. The number of hydrogen-bond acceptors (Lipinski definition) is 3. The summed E-state index contributed by atoms with van der Waals surface area (Å²) in [7, 11) is 1.97. The monoisotopic (exact) mass is 232 g/mol. The zero-order valence-corrected chi connectivity index (χ0v) is 9.93. The molecule has 90 valence electrons. The van der Waals surface area contributed by atoms with Gasteiger partial charge in [-0.3, -0.25) is 10.1 Å². The second kappa shape index (κ2) is 4.99. The maximum atomic E-state index is 10.7. The Morgan fingerprint density at radius 1 is 1.35 bits per heavy atom. The van der Waals surface area contributed by atoms with E-state index in [-0.39, 0.29) is 10.6 Å². The zero-order chi connectivity index (χ0) is 12.3. The lowest BCUT2D eigenvalue weighted by Crippen LogP contribution is -2.18. The molecule has 2 rings (SSSR count). The summed E-state index contributed by atoms with van der Waals surface area (Å²) >= 11 is 0. The molecule has 0 heterocycles. The molecule has 4 heteroatoms. The highest BCUT2D eigenvalue weighted by molar-refractivity contribution is 5.56. The highest BCUT2D eigenvalue weighted by atomic mass is 16.6. The minimum Gasteiger partial charge on any atom is -0.348 e. The van der Waals surface area contributed by atoms with Gasteiger partial charge in [-0.25, -0.2) is 0 Å². The lowest BCUT2D eigenvalue weighted by molar-refractivity contribution is -0.384. The van der Waals surface area contributed by atoms with Crippen LogP contribution in [0.15, 0.2) is 36.0 Å². The van der Waals surface area contributed by atoms with Crippen LogP contribution >= 0.6 is 0 Å². The molecule has 1 aliphatic carbocycles. The first-order valence-corrected chi connectivity index (χ1v) is 5.86. The Labute approximate surface area is 101 Å². The molecule has 0 bridgehead atoms. The van der Waals surface area contributed by atoms with Gasteiger partial charge in [0, 0.05) is 30.6 Å². The first-order chi connectivity index (χ1) is 8.18. The van der Waals surface area contributed by atoms with E-state index in [4.69, 9.17) is 0 Å². The quantitative estimate of drug-likeness (QED) is 0.592. The van der Waals surface area contributed by atoms with Crippen molar-refractivity contribution in [2.45, 2.75) is 25.7 Å². The van der Waals surface area contributed by atoms with Gasteiger partial charge in [0.15, 0.2) is 0 Å². The van der Waals surface area contributed by atoms with Crippen LogP contribution in [0.25, 0.3) is 0 Å². The lowest BCUT2D eigenvalue weighted by Gasteiger charge is -2.25. The van der Waals surface area contributed by atoms with E-state index in [1.165, 1.54) is 24.6 Å². The standard InChI is InChI=1S/C13H16N2O2/c1-14(11-6-3-2-4-7-11)12-8-5-9-13(10-12)15(16)17/h5-6,8-10H,2-4,7H2,1H3. The van der Waals surface area contributed by atoms with Crippen molar-refractivity contribution in [2.24, 2.45) is 0 Å². The van der Waals surface area contributed by atoms with Crippen LogP contribution in [0.4, 0.5) is 11.4 Å². The summed E-state index contributed by atoms with van der Waals surface area (Å²) in [4.78, 5) is 12.4. The summed E-state index contributed by atoms with van der Waals surface area (Å²) in [5, 5.41) is 10.7. The van der Waals surface area contributed by atoms with Gasteiger partial charge in [-0.15, -0.1) is 0 Å². The molecule has 0 unspecified atom stereocenters. The third kappa shape index (κ3) is 2.64. The fraction of sp³-hybridized carbons (Fsp3) is 0.385. The molecule has 4 nitrogen and oxygen atoms in total. The second-order valence-corrected chi connectivity index (χ2v) is 4.28. The van der Waals surface area contributed by atoms with Crippen LogP contribution in [0, 0.1) is 10.1 Å². The van der Waals surface area contributed by atoms with Gasteiger partial charge in [0.25, 0.3) is 5.69 Å². The van der Waals surface area contributed by atoms with Crippen molar-refractivity contribution < 1.29 is 4.92 Å². The topological polar surface area (TPSA) is 46.4 Å². The number of allylic oxidation sites excluding steroid dienone is 2. The van der Waals surface area contributed by atoms with Crippen LogP contribution < -0.4 is 4.90 Å². The van der Waals surface area contributed by atoms with E-state index in [2.05, 4.69) is 6.08 Å². The molecule has 0 aromatic heterocycles. The van der Waals surface area contributed by atoms with Crippen molar-refractivity contribution in [2.75, 3.05) is 11.9 Å². The van der Waals surface area contributed by atoms with Crippen LogP contribution in [0.5, 0.6) is 0 Å². The molecule has 0 radical (unpaired) electrons. The molecule has 1 aromatic rings. The molecule has 0 aliphatic heterocycles. The second-order valence-electron chi connectivity index (χ2n) is 4.28. The van der Waals surface area contributed by atoms with Gasteiger partial charge in [0.1, 0.15) is 0 Å². The van der Waals surface area contributed by atoms with Crippen LogP contribution in [-0.4, -0.2) is 12.0 Å². The zero-order valence-electron chi connectivity index (χ0n) is 9.93. The van der Waals surface area contributed by atoms with E-state index < -0.39 is 0 Å². The highest BCUT2D eigenvalue weighted by Crippen LogP contribution is 2.27. The van der Waals surface area contributed by atoms with E-state index in [1.807, 2.05) is 18.0 Å². The lowest BCUT2D eigenvalue weighted by atomic mass is 10.0. The Balaban J connectivity index is 2.24. The number of anilines is 1. The van der Waals surface area contributed by atoms with Gasteiger partial charge in [0.05, 0.1) is 4.92 Å².